The van der Waals surface area contributed by atoms with Gasteiger partial charge >= 0.3 is 0 Å². The van der Waals surface area contributed by atoms with Crippen LogP contribution in [0, 0.1) is 6.92 Å². The Hall–Kier alpha value is -1.10. The summed E-state index contributed by atoms with van der Waals surface area (Å²) in [5.41, 5.74) is 0. The lowest BCUT2D eigenvalue weighted by atomic mass is 10.4. The molecule has 72 valence electrons. The topological polar surface area (TPSA) is 68.0 Å². The van der Waals surface area contributed by atoms with E-state index in [2.05, 4.69) is 15.5 Å². The van der Waals surface area contributed by atoms with Gasteiger partial charge in [0, 0.05) is 13.0 Å². The number of amides is 1. The number of carbonyl (C=O) groups is 1. The van der Waals surface area contributed by atoms with E-state index < -0.39 is 0 Å². The molecule has 1 N–H and O–H groups in total. The highest BCUT2D eigenvalue weighted by Crippen LogP contribution is 1.95. The van der Waals surface area contributed by atoms with Crippen molar-refractivity contribution < 1.29 is 9.32 Å². The number of rotatable bonds is 4. The quantitative estimate of drug-likeness (QED) is 0.714. The summed E-state index contributed by atoms with van der Waals surface area (Å²) in [5.74, 6) is 0.895. The highest BCUT2D eigenvalue weighted by molar-refractivity contribution is 6.27. The zero-order chi connectivity index (χ0) is 9.68. The van der Waals surface area contributed by atoms with Gasteiger partial charge in [0.1, 0.15) is 5.88 Å². The number of carbonyl (C=O) groups excluding carboxylic acids is 1. The fourth-order valence-electron chi connectivity index (χ4n) is 0.798. The normalized spacial score (nSPS) is 10.0. The second-order valence-electron chi connectivity index (χ2n) is 2.47. The summed E-state index contributed by atoms with van der Waals surface area (Å²) < 4.78 is 4.83. The molecule has 0 aliphatic heterocycles. The van der Waals surface area contributed by atoms with Crippen LogP contribution in [0.2, 0.25) is 0 Å². The van der Waals surface area contributed by atoms with Crippen molar-refractivity contribution in [2.24, 2.45) is 0 Å². The van der Waals surface area contributed by atoms with Gasteiger partial charge in [0.25, 0.3) is 0 Å². The van der Waals surface area contributed by atoms with Gasteiger partial charge in [-0.15, -0.1) is 11.6 Å². The molecule has 0 spiro atoms. The fraction of sp³-hybridized carbons (Fsp3) is 0.571. The molecule has 0 aliphatic rings. The minimum atomic E-state index is -0.196. The summed E-state index contributed by atoms with van der Waals surface area (Å²) in [6.45, 7) is 2.21. The zero-order valence-electron chi connectivity index (χ0n) is 7.21. The fourth-order valence-corrected chi connectivity index (χ4v) is 0.892. The molecule has 0 saturated heterocycles. The predicted octanol–water partition coefficient (Wildman–Crippen LogP) is 0.276. The lowest BCUT2D eigenvalue weighted by Crippen LogP contribution is -2.26. The van der Waals surface area contributed by atoms with Crippen LogP contribution in [-0.4, -0.2) is 28.5 Å². The molecule has 1 aromatic rings. The molecule has 0 radical (unpaired) electrons. The lowest BCUT2D eigenvalue weighted by molar-refractivity contribution is -0.118. The number of nitrogens with one attached hydrogen (secondary N) is 1. The van der Waals surface area contributed by atoms with Gasteiger partial charge in [-0.1, -0.05) is 5.16 Å². The summed E-state index contributed by atoms with van der Waals surface area (Å²) in [5, 5.41) is 6.20. The molecule has 0 atom stereocenters. The molecule has 0 bridgehead atoms. The van der Waals surface area contributed by atoms with E-state index in [1.54, 1.807) is 6.92 Å². The highest BCUT2D eigenvalue weighted by atomic mass is 35.5. The first-order chi connectivity index (χ1) is 6.22. The van der Waals surface area contributed by atoms with E-state index in [4.69, 9.17) is 16.1 Å². The first-order valence-corrected chi connectivity index (χ1v) is 4.37. The van der Waals surface area contributed by atoms with Gasteiger partial charge in [0.15, 0.2) is 5.82 Å². The Morgan fingerprint density at radius 3 is 3.00 bits per heavy atom. The Morgan fingerprint density at radius 1 is 1.69 bits per heavy atom. The van der Waals surface area contributed by atoms with E-state index in [0.717, 1.165) is 0 Å². The van der Waals surface area contributed by atoms with Crippen LogP contribution in [0.1, 0.15) is 11.7 Å². The van der Waals surface area contributed by atoms with E-state index >= 15 is 0 Å². The number of halogens is 1. The van der Waals surface area contributed by atoms with Crippen LogP contribution in [0.15, 0.2) is 4.52 Å². The van der Waals surface area contributed by atoms with Crippen LogP contribution in [0.3, 0.4) is 0 Å². The maximum Gasteiger partial charge on any atom is 0.234 e. The standard InChI is InChI=1S/C7H10ClN3O2/c1-5-10-7(13-11-5)2-3-9-6(12)4-8/h2-4H2,1H3,(H,9,12). The van der Waals surface area contributed by atoms with Gasteiger partial charge in [-0.3, -0.25) is 4.79 Å². The minimum Gasteiger partial charge on any atom is -0.355 e. The number of hydrogen-bond acceptors (Lipinski definition) is 4. The number of hydrogen-bond donors (Lipinski definition) is 1. The molecule has 1 heterocycles. The van der Waals surface area contributed by atoms with E-state index in [1.165, 1.54) is 0 Å². The molecular formula is C7H10ClN3O2. The smallest absolute Gasteiger partial charge is 0.234 e. The number of alkyl halides is 1. The van der Waals surface area contributed by atoms with E-state index in [1.807, 2.05) is 0 Å². The van der Waals surface area contributed by atoms with Crippen molar-refractivity contribution >= 4 is 17.5 Å². The van der Waals surface area contributed by atoms with Crippen LogP contribution < -0.4 is 5.32 Å². The van der Waals surface area contributed by atoms with Crippen molar-refractivity contribution in [1.29, 1.82) is 0 Å². The van der Waals surface area contributed by atoms with Gasteiger partial charge in [-0.2, -0.15) is 4.98 Å². The number of aryl methyl sites for hydroxylation is 1. The predicted molar refractivity (Wildman–Crippen MR) is 46.5 cm³/mol. The Balaban J connectivity index is 2.24. The Labute approximate surface area is 80.5 Å². The molecule has 6 heteroatoms. The maximum absolute atomic E-state index is 10.7. The van der Waals surface area contributed by atoms with Crippen LogP contribution in [-0.2, 0) is 11.2 Å². The molecule has 0 aliphatic carbocycles. The van der Waals surface area contributed by atoms with Crippen LogP contribution in [0.4, 0.5) is 0 Å². The SMILES string of the molecule is Cc1noc(CCNC(=O)CCl)n1. The second-order valence-corrected chi connectivity index (χ2v) is 2.74. The Morgan fingerprint density at radius 2 is 2.46 bits per heavy atom. The van der Waals surface area contributed by atoms with Crippen LogP contribution in [0.25, 0.3) is 0 Å². The third-order valence-corrected chi connectivity index (χ3v) is 1.59. The van der Waals surface area contributed by atoms with Gasteiger partial charge in [-0.05, 0) is 6.92 Å². The summed E-state index contributed by atoms with van der Waals surface area (Å²) in [7, 11) is 0. The van der Waals surface area contributed by atoms with Crippen molar-refractivity contribution in [2.45, 2.75) is 13.3 Å². The summed E-state index contributed by atoms with van der Waals surface area (Å²) in [6.07, 6.45) is 0.531. The van der Waals surface area contributed by atoms with E-state index in [9.17, 15) is 4.79 Å². The molecule has 0 fully saturated rings. The van der Waals surface area contributed by atoms with Gasteiger partial charge in [-0.25, -0.2) is 0 Å². The first kappa shape index (κ1) is 9.98. The van der Waals surface area contributed by atoms with Crippen molar-refractivity contribution in [3.63, 3.8) is 0 Å². The molecule has 1 aromatic heterocycles. The number of aromatic nitrogens is 2. The molecule has 5 nitrogen and oxygen atoms in total. The maximum atomic E-state index is 10.7. The van der Waals surface area contributed by atoms with E-state index in [0.29, 0.717) is 24.7 Å². The third kappa shape index (κ3) is 3.42. The molecule has 1 rings (SSSR count). The third-order valence-electron chi connectivity index (χ3n) is 1.35. The average molecular weight is 204 g/mol. The Bertz CT molecular complexity index is 287. The molecule has 1 amide bonds. The summed E-state index contributed by atoms with van der Waals surface area (Å²) in [6, 6.07) is 0. The van der Waals surface area contributed by atoms with Crippen molar-refractivity contribution in [3.05, 3.63) is 11.7 Å². The molecular weight excluding hydrogens is 194 g/mol. The molecule has 0 unspecified atom stereocenters. The van der Waals surface area contributed by atoms with Crippen molar-refractivity contribution in [2.75, 3.05) is 12.4 Å². The van der Waals surface area contributed by atoms with Gasteiger partial charge in [0.2, 0.25) is 11.8 Å². The van der Waals surface area contributed by atoms with Crippen LogP contribution in [0.5, 0.6) is 0 Å². The summed E-state index contributed by atoms with van der Waals surface area (Å²) in [4.78, 5) is 14.7. The lowest BCUT2D eigenvalue weighted by Gasteiger charge is -1.98. The summed E-state index contributed by atoms with van der Waals surface area (Å²) >= 11 is 5.27. The largest absolute Gasteiger partial charge is 0.355 e. The number of nitrogens with zero attached hydrogens (tertiary/aromatic N) is 2. The molecule has 0 saturated carbocycles. The Kier molecular flexibility index (Phi) is 3.70. The average Bonchev–Trinajstić information content (AvgIpc) is 2.51. The minimum absolute atomic E-state index is 0.0249. The van der Waals surface area contributed by atoms with Crippen LogP contribution >= 0.6 is 11.6 Å². The van der Waals surface area contributed by atoms with Gasteiger partial charge in [0.05, 0.1) is 0 Å². The molecule has 13 heavy (non-hydrogen) atoms. The monoisotopic (exact) mass is 203 g/mol. The van der Waals surface area contributed by atoms with E-state index in [-0.39, 0.29) is 11.8 Å². The molecule has 0 aromatic carbocycles. The zero-order valence-corrected chi connectivity index (χ0v) is 7.97. The first-order valence-electron chi connectivity index (χ1n) is 3.84. The van der Waals surface area contributed by atoms with Crippen molar-refractivity contribution in [1.82, 2.24) is 15.5 Å². The highest BCUT2D eigenvalue weighted by Gasteiger charge is 2.03. The second kappa shape index (κ2) is 4.81. The van der Waals surface area contributed by atoms with Crippen molar-refractivity contribution in [3.8, 4) is 0 Å². The van der Waals surface area contributed by atoms with Gasteiger partial charge < -0.3 is 9.84 Å².